The molecule has 0 bridgehead atoms. The Kier molecular flexibility index (Phi) is 5.76. The van der Waals surface area contributed by atoms with Crippen molar-refractivity contribution in [1.82, 2.24) is 10.3 Å². The molecule has 0 radical (unpaired) electrons. The van der Waals surface area contributed by atoms with Gasteiger partial charge < -0.3 is 10.1 Å². The molecule has 0 spiro atoms. The van der Waals surface area contributed by atoms with Crippen LogP contribution in [0.25, 0.3) is 0 Å². The van der Waals surface area contributed by atoms with Gasteiger partial charge in [-0.05, 0) is 34.5 Å². The smallest absolute Gasteiger partial charge is 0.218 e. The molecule has 0 saturated heterocycles. The van der Waals surface area contributed by atoms with Crippen molar-refractivity contribution < 1.29 is 4.74 Å². The molecule has 0 aliphatic rings. The number of hydrogen-bond acceptors (Lipinski definition) is 3. The van der Waals surface area contributed by atoms with Crippen LogP contribution in [0.2, 0.25) is 0 Å². The zero-order chi connectivity index (χ0) is 15.2. The van der Waals surface area contributed by atoms with Crippen LogP contribution < -0.4 is 10.1 Å². The summed E-state index contributed by atoms with van der Waals surface area (Å²) in [6.45, 7) is 7.02. The molecular weight excluding hydrogens is 328 g/mol. The molecule has 4 heteroatoms. The fraction of sp³-hybridized carbons (Fsp3) is 0.353. The van der Waals surface area contributed by atoms with Crippen LogP contribution >= 0.6 is 15.9 Å². The number of halogens is 1. The van der Waals surface area contributed by atoms with Crippen LogP contribution in [0.5, 0.6) is 5.88 Å². The van der Waals surface area contributed by atoms with Gasteiger partial charge in [0.1, 0.15) is 6.10 Å². The van der Waals surface area contributed by atoms with Crippen molar-refractivity contribution in [3.8, 4) is 5.88 Å². The predicted octanol–water partition coefficient (Wildman–Crippen LogP) is 4.48. The molecule has 0 aliphatic heterocycles. The molecule has 0 saturated carbocycles. The maximum absolute atomic E-state index is 6.05. The van der Waals surface area contributed by atoms with Gasteiger partial charge >= 0.3 is 0 Å². The average Bonchev–Trinajstić information content (AvgIpc) is 2.48. The number of rotatable bonds is 6. The highest BCUT2D eigenvalue weighted by molar-refractivity contribution is 9.10. The van der Waals surface area contributed by atoms with Gasteiger partial charge in [-0.1, -0.05) is 44.2 Å². The minimum Gasteiger partial charge on any atom is -0.470 e. The lowest BCUT2D eigenvalue weighted by molar-refractivity contribution is 0.214. The van der Waals surface area contributed by atoms with Crippen molar-refractivity contribution in [2.75, 3.05) is 0 Å². The summed E-state index contributed by atoms with van der Waals surface area (Å²) in [6.07, 6.45) is 1.74. The van der Waals surface area contributed by atoms with Crippen LogP contribution in [0.3, 0.4) is 0 Å². The van der Waals surface area contributed by atoms with E-state index in [0.717, 1.165) is 22.1 Å². The zero-order valence-corrected chi connectivity index (χ0v) is 14.2. The van der Waals surface area contributed by atoms with E-state index in [2.05, 4.69) is 58.3 Å². The summed E-state index contributed by atoms with van der Waals surface area (Å²) < 4.78 is 7.01. The first-order valence-electron chi connectivity index (χ1n) is 7.15. The second-order valence-electron chi connectivity index (χ2n) is 5.32. The van der Waals surface area contributed by atoms with Gasteiger partial charge in [-0.3, -0.25) is 0 Å². The van der Waals surface area contributed by atoms with Crippen molar-refractivity contribution in [2.45, 2.75) is 39.5 Å². The molecule has 1 heterocycles. The van der Waals surface area contributed by atoms with Crippen molar-refractivity contribution in [2.24, 2.45) is 0 Å². The maximum Gasteiger partial charge on any atom is 0.218 e. The normalized spacial score (nSPS) is 12.4. The first-order valence-corrected chi connectivity index (χ1v) is 7.95. The Balaban J connectivity index is 2.15. The SMILES string of the molecule is CC(C)NCc1cc(Br)cnc1OC(C)c1ccccc1. The Morgan fingerprint density at radius 2 is 1.90 bits per heavy atom. The van der Waals surface area contributed by atoms with Crippen LogP contribution in [0.1, 0.15) is 38.0 Å². The van der Waals surface area contributed by atoms with Gasteiger partial charge in [-0.2, -0.15) is 0 Å². The molecule has 0 fully saturated rings. The largest absolute Gasteiger partial charge is 0.470 e. The molecule has 112 valence electrons. The fourth-order valence-corrected chi connectivity index (χ4v) is 2.35. The number of nitrogens with zero attached hydrogens (tertiary/aromatic N) is 1. The minimum atomic E-state index is -0.0299. The molecule has 21 heavy (non-hydrogen) atoms. The Labute approximate surface area is 134 Å². The number of ether oxygens (including phenoxy) is 1. The summed E-state index contributed by atoms with van der Waals surface area (Å²) >= 11 is 3.47. The van der Waals surface area contributed by atoms with E-state index in [1.54, 1.807) is 6.20 Å². The summed E-state index contributed by atoms with van der Waals surface area (Å²) in [5, 5.41) is 3.40. The van der Waals surface area contributed by atoms with Gasteiger partial charge in [0.15, 0.2) is 0 Å². The topological polar surface area (TPSA) is 34.2 Å². The highest BCUT2D eigenvalue weighted by Crippen LogP contribution is 2.25. The summed E-state index contributed by atoms with van der Waals surface area (Å²) in [5.74, 6) is 0.683. The number of pyridine rings is 1. The first-order chi connectivity index (χ1) is 10.1. The predicted molar refractivity (Wildman–Crippen MR) is 89.4 cm³/mol. The molecule has 2 aromatic rings. The molecule has 3 nitrogen and oxygen atoms in total. The highest BCUT2D eigenvalue weighted by Gasteiger charge is 2.12. The zero-order valence-electron chi connectivity index (χ0n) is 12.6. The van der Waals surface area contributed by atoms with E-state index in [1.807, 2.05) is 25.1 Å². The molecule has 1 N–H and O–H groups in total. The molecule has 1 unspecified atom stereocenters. The third kappa shape index (κ3) is 4.83. The van der Waals surface area contributed by atoms with Crippen LogP contribution in [0, 0.1) is 0 Å². The summed E-state index contributed by atoms with van der Waals surface area (Å²) in [5.41, 5.74) is 2.20. The summed E-state index contributed by atoms with van der Waals surface area (Å²) in [4.78, 5) is 4.41. The van der Waals surface area contributed by atoms with Crippen LogP contribution in [0.4, 0.5) is 0 Å². The van der Waals surface area contributed by atoms with E-state index in [1.165, 1.54) is 0 Å². The van der Waals surface area contributed by atoms with Crippen LogP contribution in [0.15, 0.2) is 47.1 Å². The lowest BCUT2D eigenvalue weighted by Gasteiger charge is -2.18. The minimum absolute atomic E-state index is 0.0299. The quantitative estimate of drug-likeness (QED) is 0.835. The van der Waals surface area contributed by atoms with E-state index in [9.17, 15) is 0 Å². The molecule has 2 rings (SSSR count). The first kappa shape index (κ1) is 16.0. The van der Waals surface area contributed by atoms with E-state index in [-0.39, 0.29) is 6.10 Å². The van der Waals surface area contributed by atoms with Gasteiger partial charge in [-0.25, -0.2) is 4.98 Å². The third-order valence-electron chi connectivity index (χ3n) is 3.15. The second-order valence-corrected chi connectivity index (χ2v) is 6.24. The van der Waals surface area contributed by atoms with Gasteiger partial charge in [0.25, 0.3) is 0 Å². The number of aromatic nitrogens is 1. The molecule has 1 aromatic carbocycles. The Morgan fingerprint density at radius 1 is 1.19 bits per heavy atom. The van der Waals surface area contributed by atoms with E-state index in [0.29, 0.717) is 11.9 Å². The second kappa shape index (κ2) is 7.57. The average molecular weight is 349 g/mol. The van der Waals surface area contributed by atoms with Gasteiger partial charge in [0, 0.05) is 28.8 Å². The van der Waals surface area contributed by atoms with Gasteiger partial charge in [0.05, 0.1) is 0 Å². The summed E-state index contributed by atoms with van der Waals surface area (Å²) in [7, 11) is 0. The Hall–Kier alpha value is -1.39. The van der Waals surface area contributed by atoms with E-state index >= 15 is 0 Å². The molecule has 1 atom stereocenters. The van der Waals surface area contributed by atoms with E-state index < -0.39 is 0 Å². The highest BCUT2D eigenvalue weighted by atomic mass is 79.9. The van der Waals surface area contributed by atoms with Crippen molar-refractivity contribution >= 4 is 15.9 Å². The third-order valence-corrected chi connectivity index (χ3v) is 3.58. The molecule has 1 aromatic heterocycles. The monoisotopic (exact) mass is 348 g/mol. The lowest BCUT2D eigenvalue weighted by atomic mass is 10.1. The molecule has 0 amide bonds. The van der Waals surface area contributed by atoms with Crippen molar-refractivity contribution in [3.63, 3.8) is 0 Å². The Morgan fingerprint density at radius 3 is 2.57 bits per heavy atom. The van der Waals surface area contributed by atoms with E-state index in [4.69, 9.17) is 4.74 Å². The van der Waals surface area contributed by atoms with Crippen molar-refractivity contribution in [3.05, 3.63) is 58.2 Å². The maximum atomic E-state index is 6.05. The lowest BCUT2D eigenvalue weighted by Crippen LogP contribution is -2.22. The Bertz CT molecular complexity index is 572. The van der Waals surface area contributed by atoms with Crippen LogP contribution in [-0.4, -0.2) is 11.0 Å². The fourth-order valence-electron chi connectivity index (χ4n) is 1.98. The van der Waals surface area contributed by atoms with Gasteiger partial charge in [-0.15, -0.1) is 0 Å². The standard InChI is InChI=1S/C17H21BrN2O/c1-12(2)19-10-15-9-16(18)11-20-17(15)21-13(3)14-7-5-4-6-8-14/h4-9,11-13,19H,10H2,1-3H3. The molecule has 0 aliphatic carbocycles. The summed E-state index contributed by atoms with van der Waals surface area (Å²) in [6, 6.07) is 12.6. The number of nitrogens with one attached hydrogen (secondary N) is 1. The van der Waals surface area contributed by atoms with Gasteiger partial charge in [0.2, 0.25) is 5.88 Å². The van der Waals surface area contributed by atoms with Crippen LogP contribution in [-0.2, 0) is 6.54 Å². The molecular formula is C17H21BrN2O. The number of hydrogen-bond donors (Lipinski definition) is 1. The number of benzene rings is 1. The van der Waals surface area contributed by atoms with Crippen molar-refractivity contribution in [1.29, 1.82) is 0 Å².